The van der Waals surface area contributed by atoms with E-state index in [0.29, 0.717) is 0 Å². The molecule has 0 spiro atoms. The average Bonchev–Trinajstić information content (AvgIpc) is 3.26. The van der Waals surface area contributed by atoms with E-state index in [1.54, 1.807) is 19.0 Å². The molecule has 31 heavy (non-hydrogen) atoms. The van der Waals surface area contributed by atoms with Crippen molar-refractivity contribution in [3.8, 4) is 5.69 Å². The zero-order valence-electron chi connectivity index (χ0n) is 18.4. The molecule has 3 amide bonds. The number of carbonyl (C=O) groups excluding carboxylic acids is 2. The summed E-state index contributed by atoms with van der Waals surface area (Å²) in [4.78, 5) is 31.5. The van der Waals surface area contributed by atoms with Crippen LogP contribution in [-0.2, 0) is 4.79 Å². The van der Waals surface area contributed by atoms with Gasteiger partial charge in [-0.3, -0.25) is 9.69 Å². The van der Waals surface area contributed by atoms with Gasteiger partial charge in [-0.15, -0.1) is 0 Å². The fourth-order valence-electron chi connectivity index (χ4n) is 4.16. The lowest BCUT2D eigenvalue weighted by atomic mass is 9.97. The Balaban J connectivity index is 1.82. The minimum absolute atomic E-state index is 0.00700. The third-order valence-corrected chi connectivity index (χ3v) is 5.66. The highest BCUT2D eigenvalue weighted by atomic mass is 16.2. The van der Waals surface area contributed by atoms with Gasteiger partial charge in [0.15, 0.2) is 0 Å². The fourth-order valence-corrected chi connectivity index (χ4v) is 4.16. The smallest absolute Gasteiger partial charge is 0.320 e. The minimum Gasteiger partial charge on any atom is -0.331 e. The SMILES string of the molecule is CC(C)N(CC(=O)N1c2ccccc2-n2cccc2C1c1ccccc1)C(=O)N(C)C. The Hall–Kier alpha value is -3.54. The minimum atomic E-state index is -0.276. The molecule has 1 aliphatic rings. The predicted molar refractivity (Wildman–Crippen MR) is 122 cm³/mol. The molecule has 1 aromatic heterocycles. The molecule has 0 bridgehead atoms. The van der Waals surface area contributed by atoms with Gasteiger partial charge in [-0.1, -0.05) is 42.5 Å². The summed E-state index contributed by atoms with van der Waals surface area (Å²) >= 11 is 0. The predicted octanol–water partition coefficient (Wildman–Crippen LogP) is 4.31. The molecule has 0 saturated heterocycles. The van der Waals surface area contributed by atoms with Crippen LogP contribution in [0.25, 0.3) is 5.69 Å². The molecule has 0 saturated carbocycles. The lowest BCUT2D eigenvalue weighted by Gasteiger charge is -2.40. The first-order valence-corrected chi connectivity index (χ1v) is 10.5. The van der Waals surface area contributed by atoms with E-state index >= 15 is 0 Å². The quantitative estimate of drug-likeness (QED) is 0.637. The van der Waals surface area contributed by atoms with Crippen LogP contribution in [0.5, 0.6) is 0 Å². The van der Waals surface area contributed by atoms with Gasteiger partial charge in [-0.2, -0.15) is 0 Å². The van der Waals surface area contributed by atoms with Crippen LogP contribution in [0.15, 0.2) is 72.9 Å². The molecule has 2 heterocycles. The molecule has 0 aliphatic carbocycles. The molecule has 3 aromatic rings. The van der Waals surface area contributed by atoms with Crippen LogP contribution in [0.1, 0.15) is 31.1 Å². The second-order valence-electron chi connectivity index (χ2n) is 8.27. The van der Waals surface area contributed by atoms with Crippen LogP contribution >= 0.6 is 0 Å². The van der Waals surface area contributed by atoms with E-state index < -0.39 is 0 Å². The molecule has 2 aromatic carbocycles. The Morgan fingerprint density at radius 3 is 2.19 bits per heavy atom. The average molecular weight is 417 g/mol. The Kier molecular flexibility index (Phi) is 5.55. The Morgan fingerprint density at radius 2 is 1.55 bits per heavy atom. The van der Waals surface area contributed by atoms with Crippen LogP contribution in [0.3, 0.4) is 0 Å². The number of benzene rings is 2. The maximum Gasteiger partial charge on any atom is 0.320 e. The van der Waals surface area contributed by atoms with Gasteiger partial charge in [-0.25, -0.2) is 4.79 Å². The van der Waals surface area contributed by atoms with Gasteiger partial charge in [0.2, 0.25) is 5.91 Å². The Labute approximate surface area is 183 Å². The number of nitrogens with zero attached hydrogens (tertiary/aromatic N) is 4. The normalized spacial score (nSPS) is 14.7. The topological polar surface area (TPSA) is 48.8 Å². The van der Waals surface area contributed by atoms with Crippen molar-refractivity contribution in [3.63, 3.8) is 0 Å². The van der Waals surface area contributed by atoms with E-state index in [4.69, 9.17) is 0 Å². The highest BCUT2D eigenvalue weighted by Crippen LogP contribution is 2.42. The largest absolute Gasteiger partial charge is 0.331 e. The van der Waals surface area contributed by atoms with Gasteiger partial charge in [-0.05, 0) is 43.7 Å². The monoisotopic (exact) mass is 416 g/mol. The molecule has 6 heteroatoms. The molecule has 1 atom stereocenters. The van der Waals surface area contributed by atoms with Crippen LogP contribution in [0.2, 0.25) is 0 Å². The third-order valence-electron chi connectivity index (χ3n) is 5.66. The molecule has 6 nitrogen and oxygen atoms in total. The maximum absolute atomic E-state index is 13.8. The van der Waals surface area contributed by atoms with E-state index in [1.165, 1.54) is 4.90 Å². The number of anilines is 1. The van der Waals surface area contributed by atoms with Gasteiger partial charge < -0.3 is 14.4 Å². The Bertz CT molecular complexity index is 1090. The zero-order chi connectivity index (χ0) is 22.1. The second-order valence-corrected chi connectivity index (χ2v) is 8.27. The highest BCUT2D eigenvalue weighted by molar-refractivity contribution is 6.00. The summed E-state index contributed by atoms with van der Waals surface area (Å²) in [5, 5.41) is 0. The third kappa shape index (κ3) is 3.69. The van der Waals surface area contributed by atoms with Crippen molar-refractivity contribution in [1.82, 2.24) is 14.4 Å². The standard InChI is InChI=1S/C25H28N4O2/c1-18(2)28(25(31)26(3)4)17-23(30)29-21-14-9-8-13-20(21)27-16-10-15-22(27)24(29)19-11-6-5-7-12-19/h5-16,18,24H,17H2,1-4H3. The van der Waals surface area contributed by atoms with Crippen LogP contribution in [-0.4, -0.2) is 53.0 Å². The van der Waals surface area contributed by atoms with Crippen molar-refractivity contribution in [2.75, 3.05) is 25.5 Å². The van der Waals surface area contributed by atoms with Crippen molar-refractivity contribution < 1.29 is 9.59 Å². The van der Waals surface area contributed by atoms with Crippen molar-refractivity contribution in [1.29, 1.82) is 0 Å². The van der Waals surface area contributed by atoms with Gasteiger partial charge in [0.1, 0.15) is 12.6 Å². The van der Waals surface area contributed by atoms with E-state index in [-0.39, 0.29) is 30.6 Å². The lowest BCUT2D eigenvalue weighted by molar-refractivity contribution is -0.120. The van der Waals surface area contributed by atoms with Crippen molar-refractivity contribution >= 4 is 17.6 Å². The Morgan fingerprint density at radius 1 is 0.903 bits per heavy atom. The molecule has 0 N–H and O–H groups in total. The molecule has 160 valence electrons. The lowest BCUT2D eigenvalue weighted by Crippen LogP contribution is -2.51. The zero-order valence-corrected chi connectivity index (χ0v) is 18.4. The number of urea groups is 1. The van der Waals surface area contributed by atoms with Crippen LogP contribution < -0.4 is 4.90 Å². The summed E-state index contributed by atoms with van der Waals surface area (Å²) in [5.41, 5.74) is 3.85. The first-order valence-electron chi connectivity index (χ1n) is 10.5. The van der Waals surface area contributed by atoms with Crippen molar-refractivity contribution in [2.45, 2.75) is 25.9 Å². The number of para-hydroxylation sites is 2. The summed E-state index contributed by atoms with van der Waals surface area (Å²) in [6.45, 7) is 3.87. The summed E-state index contributed by atoms with van der Waals surface area (Å²) in [6, 6.07) is 21.5. The molecular formula is C25H28N4O2. The molecule has 0 fully saturated rings. The first kappa shape index (κ1) is 20.7. The number of hydrogen-bond donors (Lipinski definition) is 0. The summed E-state index contributed by atoms with van der Waals surface area (Å²) in [6.07, 6.45) is 2.03. The van der Waals surface area contributed by atoms with Crippen molar-refractivity contribution in [2.24, 2.45) is 0 Å². The molecular weight excluding hydrogens is 388 g/mol. The molecule has 1 aliphatic heterocycles. The van der Waals surface area contributed by atoms with Gasteiger partial charge in [0.05, 0.1) is 17.1 Å². The molecule has 0 radical (unpaired) electrons. The van der Waals surface area contributed by atoms with Crippen molar-refractivity contribution in [3.05, 3.63) is 84.2 Å². The van der Waals surface area contributed by atoms with E-state index in [9.17, 15) is 9.59 Å². The number of hydrogen-bond acceptors (Lipinski definition) is 2. The van der Waals surface area contributed by atoms with Crippen LogP contribution in [0, 0.1) is 0 Å². The number of aromatic nitrogens is 1. The summed E-state index contributed by atoms with van der Waals surface area (Å²) in [5.74, 6) is -0.113. The maximum atomic E-state index is 13.8. The summed E-state index contributed by atoms with van der Waals surface area (Å²) < 4.78 is 2.14. The van der Waals surface area contributed by atoms with Gasteiger partial charge in [0, 0.05) is 26.3 Å². The first-order chi connectivity index (χ1) is 14.9. The highest BCUT2D eigenvalue weighted by Gasteiger charge is 2.37. The van der Waals surface area contributed by atoms with E-state index in [1.807, 2.05) is 85.6 Å². The molecule has 1 unspecified atom stereocenters. The second kappa shape index (κ2) is 8.30. The van der Waals surface area contributed by atoms with Crippen LogP contribution in [0.4, 0.5) is 10.5 Å². The van der Waals surface area contributed by atoms with Gasteiger partial charge in [0.25, 0.3) is 0 Å². The van der Waals surface area contributed by atoms with E-state index in [2.05, 4.69) is 10.6 Å². The van der Waals surface area contributed by atoms with Gasteiger partial charge >= 0.3 is 6.03 Å². The van der Waals surface area contributed by atoms with E-state index in [0.717, 1.165) is 22.6 Å². The molecule has 4 rings (SSSR count). The fraction of sp³-hybridized carbons (Fsp3) is 0.280. The number of rotatable bonds is 4. The summed E-state index contributed by atoms with van der Waals surface area (Å²) in [7, 11) is 3.41. The number of fused-ring (bicyclic) bond motifs is 3. The number of amides is 3. The number of carbonyl (C=O) groups is 2.